The van der Waals surface area contributed by atoms with Gasteiger partial charge in [-0.15, -0.1) is 0 Å². The fourth-order valence-corrected chi connectivity index (χ4v) is 2.39. The number of hydrogen-bond donors (Lipinski definition) is 1. The SMILES string of the molecule is CC(=O)O[C@@H]1[C@@H](OC(C)=O)[C@@H](I)[C@H](O)O[C@H]1C. The number of halogens is 1. The molecule has 6 nitrogen and oxygen atoms in total. The first kappa shape index (κ1) is 14.7. The van der Waals surface area contributed by atoms with Gasteiger partial charge in [0, 0.05) is 13.8 Å². The van der Waals surface area contributed by atoms with Gasteiger partial charge in [-0.05, 0) is 6.92 Å². The van der Waals surface area contributed by atoms with E-state index in [1.165, 1.54) is 13.8 Å². The normalized spacial score (nSPS) is 37.4. The monoisotopic (exact) mass is 358 g/mol. The summed E-state index contributed by atoms with van der Waals surface area (Å²) < 4.78 is 14.9. The van der Waals surface area contributed by atoms with E-state index < -0.39 is 40.5 Å². The molecule has 0 aromatic rings. The van der Waals surface area contributed by atoms with Crippen LogP contribution in [0.4, 0.5) is 0 Å². The Morgan fingerprint density at radius 2 is 1.65 bits per heavy atom. The molecule has 0 spiro atoms. The molecule has 0 unspecified atom stereocenters. The lowest BCUT2D eigenvalue weighted by molar-refractivity contribution is -0.234. The number of aliphatic hydroxyl groups is 1. The average molecular weight is 358 g/mol. The van der Waals surface area contributed by atoms with Crippen molar-refractivity contribution in [3.8, 4) is 0 Å². The summed E-state index contributed by atoms with van der Waals surface area (Å²) in [6, 6.07) is 0. The molecular weight excluding hydrogens is 343 g/mol. The van der Waals surface area contributed by atoms with Gasteiger partial charge in [-0.1, -0.05) is 22.6 Å². The predicted molar refractivity (Wildman–Crippen MR) is 65.5 cm³/mol. The third-order valence-electron chi connectivity index (χ3n) is 2.33. The Morgan fingerprint density at radius 1 is 1.18 bits per heavy atom. The van der Waals surface area contributed by atoms with E-state index in [4.69, 9.17) is 14.2 Å². The number of alkyl halides is 1. The van der Waals surface area contributed by atoms with Gasteiger partial charge in [0.15, 0.2) is 18.5 Å². The highest BCUT2D eigenvalue weighted by Gasteiger charge is 2.46. The maximum absolute atomic E-state index is 11.0. The molecule has 0 radical (unpaired) electrons. The molecule has 1 heterocycles. The second-order valence-electron chi connectivity index (χ2n) is 3.82. The van der Waals surface area contributed by atoms with Crippen LogP contribution in [-0.4, -0.2) is 45.6 Å². The molecule has 0 aromatic carbocycles. The summed E-state index contributed by atoms with van der Waals surface area (Å²) in [5, 5.41) is 9.62. The van der Waals surface area contributed by atoms with Gasteiger partial charge in [-0.25, -0.2) is 0 Å². The minimum absolute atomic E-state index is 0.484. The lowest BCUT2D eigenvalue weighted by Crippen LogP contribution is -2.57. The molecule has 0 aliphatic carbocycles. The zero-order chi connectivity index (χ0) is 13.2. The highest BCUT2D eigenvalue weighted by molar-refractivity contribution is 14.1. The molecule has 1 fully saturated rings. The summed E-state index contributed by atoms with van der Waals surface area (Å²) in [6.07, 6.45) is -3.01. The molecule has 7 heteroatoms. The third-order valence-corrected chi connectivity index (χ3v) is 3.65. The fourth-order valence-electron chi connectivity index (χ4n) is 1.66. The summed E-state index contributed by atoms with van der Waals surface area (Å²) in [4.78, 5) is 22.0. The van der Waals surface area contributed by atoms with Crippen LogP contribution in [0.1, 0.15) is 20.8 Å². The van der Waals surface area contributed by atoms with Crippen LogP contribution < -0.4 is 0 Å². The van der Waals surface area contributed by atoms with E-state index in [2.05, 4.69) is 0 Å². The quantitative estimate of drug-likeness (QED) is 0.437. The lowest BCUT2D eigenvalue weighted by atomic mass is 10.0. The molecule has 1 N–H and O–H groups in total. The number of ether oxygens (including phenoxy) is 3. The van der Waals surface area contributed by atoms with Gasteiger partial charge in [-0.2, -0.15) is 0 Å². The highest BCUT2D eigenvalue weighted by Crippen LogP contribution is 2.29. The van der Waals surface area contributed by atoms with Gasteiger partial charge in [0.05, 0.1) is 6.10 Å². The molecule has 0 bridgehead atoms. The van der Waals surface area contributed by atoms with E-state index in [-0.39, 0.29) is 0 Å². The van der Waals surface area contributed by atoms with Crippen LogP contribution in [0.2, 0.25) is 0 Å². The summed E-state index contributed by atoms with van der Waals surface area (Å²) >= 11 is 1.91. The van der Waals surface area contributed by atoms with Crippen LogP contribution in [0, 0.1) is 0 Å². The maximum atomic E-state index is 11.0. The topological polar surface area (TPSA) is 82.1 Å². The largest absolute Gasteiger partial charge is 0.457 e. The van der Waals surface area contributed by atoms with Gasteiger partial charge in [0.25, 0.3) is 0 Å². The van der Waals surface area contributed by atoms with E-state index in [0.717, 1.165) is 0 Å². The third kappa shape index (κ3) is 3.78. The van der Waals surface area contributed by atoms with Crippen LogP contribution in [0.25, 0.3) is 0 Å². The van der Waals surface area contributed by atoms with Crippen molar-refractivity contribution in [3.05, 3.63) is 0 Å². The van der Waals surface area contributed by atoms with E-state index in [9.17, 15) is 14.7 Å². The molecule has 5 atom stereocenters. The Bertz CT molecular complexity index is 307. The van der Waals surface area contributed by atoms with Crippen LogP contribution in [-0.2, 0) is 23.8 Å². The van der Waals surface area contributed by atoms with Crippen molar-refractivity contribution in [2.24, 2.45) is 0 Å². The van der Waals surface area contributed by atoms with Crippen LogP contribution >= 0.6 is 22.6 Å². The number of aliphatic hydroxyl groups excluding tert-OH is 1. The number of carbonyl (C=O) groups is 2. The minimum atomic E-state index is -1.05. The van der Waals surface area contributed by atoms with Crippen molar-refractivity contribution in [1.29, 1.82) is 0 Å². The molecule has 0 amide bonds. The van der Waals surface area contributed by atoms with E-state index in [1.54, 1.807) is 6.92 Å². The number of esters is 2. The molecule has 1 saturated heterocycles. The molecule has 0 saturated carbocycles. The van der Waals surface area contributed by atoms with Crippen LogP contribution in [0.5, 0.6) is 0 Å². The van der Waals surface area contributed by atoms with Gasteiger partial charge in [-0.3, -0.25) is 9.59 Å². The zero-order valence-electron chi connectivity index (χ0n) is 9.75. The molecular formula is C10H15IO6. The van der Waals surface area contributed by atoms with Crippen molar-refractivity contribution in [2.75, 3.05) is 0 Å². The van der Waals surface area contributed by atoms with E-state index >= 15 is 0 Å². The van der Waals surface area contributed by atoms with Crippen molar-refractivity contribution < 1.29 is 28.9 Å². The first-order valence-electron chi connectivity index (χ1n) is 5.15. The van der Waals surface area contributed by atoms with Gasteiger partial charge in [0.2, 0.25) is 0 Å². The Balaban J connectivity index is 2.86. The van der Waals surface area contributed by atoms with Crippen molar-refractivity contribution in [3.63, 3.8) is 0 Å². The molecule has 0 aromatic heterocycles. The van der Waals surface area contributed by atoms with Crippen molar-refractivity contribution in [2.45, 2.75) is 49.3 Å². The Kier molecular flexibility index (Phi) is 5.14. The Labute approximate surface area is 113 Å². The first-order chi connectivity index (χ1) is 7.82. The number of hydrogen-bond acceptors (Lipinski definition) is 6. The summed E-state index contributed by atoms with van der Waals surface area (Å²) in [5.74, 6) is -0.974. The summed E-state index contributed by atoms with van der Waals surface area (Å²) in [6.45, 7) is 4.18. The summed E-state index contributed by atoms with van der Waals surface area (Å²) in [7, 11) is 0. The highest BCUT2D eigenvalue weighted by atomic mass is 127. The Hall–Kier alpha value is -0.410. The maximum Gasteiger partial charge on any atom is 0.303 e. The number of carbonyl (C=O) groups excluding carboxylic acids is 2. The lowest BCUT2D eigenvalue weighted by Gasteiger charge is -2.40. The van der Waals surface area contributed by atoms with E-state index in [0.29, 0.717) is 0 Å². The van der Waals surface area contributed by atoms with Gasteiger partial charge in [0.1, 0.15) is 3.92 Å². The van der Waals surface area contributed by atoms with Crippen LogP contribution in [0.3, 0.4) is 0 Å². The second kappa shape index (κ2) is 5.96. The fraction of sp³-hybridized carbons (Fsp3) is 0.800. The molecule has 17 heavy (non-hydrogen) atoms. The molecule has 98 valence electrons. The second-order valence-corrected chi connectivity index (χ2v) is 5.26. The van der Waals surface area contributed by atoms with Gasteiger partial charge >= 0.3 is 11.9 Å². The first-order valence-corrected chi connectivity index (χ1v) is 6.39. The van der Waals surface area contributed by atoms with Gasteiger partial charge < -0.3 is 19.3 Å². The molecule has 1 rings (SSSR count). The standard InChI is InChI=1S/C10H15IO6/c1-4-8(16-5(2)12)9(17-6(3)13)7(11)10(14)15-4/h4,7-10,14H,1-3H3/t4-,7+,8-,9-,10+/m0/s1. The van der Waals surface area contributed by atoms with Crippen molar-refractivity contribution >= 4 is 34.5 Å². The van der Waals surface area contributed by atoms with Crippen molar-refractivity contribution in [1.82, 2.24) is 0 Å². The smallest absolute Gasteiger partial charge is 0.303 e. The average Bonchev–Trinajstić information content (AvgIpc) is 2.19. The van der Waals surface area contributed by atoms with E-state index in [1.807, 2.05) is 22.6 Å². The van der Waals surface area contributed by atoms with Crippen LogP contribution in [0.15, 0.2) is 0 Å². The molecule has 1 aliphatic heterocycles. The zero-order valence-corrected chi connectivity index (χ0v) is 11.9. The summed E-state index contributed by atoms with van der Waals surface area (Å²) in [5.41, 5.74) is 0. The Morgan fingerprint density at radius 3 is 2.12 bits per heavy atom. The molecule has 1 aliphatic rings. The predicted octanol–water partition coefficient (Wildman–Crippen LogP) is 0.390. The number of rotatable bonds is 2. The minimum Gasteiger partial charge on any atom is -0.457 e.